The number of hydrogen-bond acceptors (Lipinski definition) is 6. The Morgan fingerprint density at radius 1 is 1.18 bits per heavy atom. The lowest BCUT2D eigenvalue weighted by Gasteiger charge is -2.41. The van der Waals surface area contributed by atoms with Gasteiger partial charge in [-0.2, -0.15) is 0 Å². The van der Waals surface area contributed by atoms with Crippen LogP contribution in [0.15, 0.2) is 53.2 Å². The van der Waals surface area contributed by atoms with E-state index >= 15 is 0 Å². The summed E-state index contributed by atoms with van der Waals surface area (Å²) in [5.74, 6) is 1.45. The number of benzene rings is 1. The molecule has 3 heterocycles. The molecule has 182 valence electrons. The van der Waals surface area contributed by atoms with Crippen molar-refractivity contribution in [3.63, 3.8) is 0 Å². The Kier molecular flexibility index (Phi) is 7.70. The van der Waals surface area contributed by atoms with Crippen LogP contribution in [0.5, 0.6) is 5.75 Å². The summed E-state index contributed by atoms with van der Waals surface area (Å²) in [6.45, 7) is 3.09. The minimum absolute atomic E-state index is 0.0352. The number of nitrogens with zero attached hydrogens (tertiary/aromatic N) is 2. The second-order valence-corrected chi connectivity index (χ2v) is 8.87. The van der Waals surface area contributed by atoms with Crippen LogP contribution in [-0.4, -0.2) is 74.3 Å². The van der Waals surface area contributed by atoms with Crippen LogP contribution in [0.25, 0.3) is 6.08 Å². The summed E-state index contributed by atoms with van der Waals surface area (Å²) in [7, 11) is 3.19. The van der Waals surface area contributed by atoms with E-state index in [0.29, 0.717) is 13.0 Å². The summed E-state index contributed by atoms with van der Waals surface area (Å²) in [5.41, 5.74) is -0.00166. The first kappa shape index (κ1) is 24.0. The number of urea groups is 1. The smallest absolute Gasteiger partial charge is 0.325 e. The number of hydrogen-bond donors (Lipinski definition) is 1. The van der Waals surface area contributed by atoms with Crippen LogP contribution < -0.4 is 10.1 Å². The van der Waals surface area contributed by atoms with E-state index in [0.717, 1.165) is 49.5 Å². The molecule has 2 aliphatic rings. The number of methoxy groups -OCH3 is 2. The highest BCUT2D eigenvalue weighted by molar-refractivity contribution is 6.07. The second-order valence-electron chi connectivity index (χ2n) is 8.87. The molecule has 1 aromatic heterocycles. The van der Waals surface area contributed by atoms with Gasteiger partial charge in [-0.15, -0.1) is 0 Å². The van der Waals surface area contributed by atoms with E-state index < -0.39 is 5.54 Å². The van der Waals surface area contributed by atoms with Crippen molar-refractivity contribution < 1.29 is 23.5 Å². The summed E-state index contributed by atoms with van der Waals surface area (Å²) >= 11 is 0. The van der Waals surface area contributed by atoms with Gasteiger partial charge in [0.2, 0.25) is 0 Å². The van der Waals surface area contributed by atoms with Gasteiger partial charge in [-0.3, -0.25) is 14.6 Å². The van der Waals surface area contributed by atoms with E-state index in [2.05, 4.69) is 16.3 Å². The van der Waals surface area contributed by atoms with Crippen molar-refractivity contribution in [2.24, 2.45) is 5.92 Å². The van der Waals surface area contributed by atoms with Gasteiger partial charge in [0.15, 0.2) is 0 Å². The van der Waals surface area contributed by atoms with Crippen LogP contribution in [0, 0.1) is 5.92 Å². The molecule has 0 radical (unpaired) electrons. The fraction of sp³-hybridized carbons (Fsp3) is 0.462. The normalized spacial score (nSPS) is 22.0. The number of nitrogens with one attached hydrogen (secondary N) is 1. The van der Waals surface area contributed by atoms with Crippen LogP contribution in [-0.2, 0) is 16.0 Å². The first-order valence-electron chi connectivity index (χ1n) is 11.7. The van der Waals surface area contributed by atoms with Crippen LogP contribution in [0.2, 0.25) is 0 Å². The van der Waals surface area contributed by atoms with Gasteiger partial charge in [-0.25, -0.2) is 4.79 Å². The molecule has 2 saturated heterocycles. The van der Waals surface area contributed by atoms with E-state index in [1.54, 1.807) is 20.5 Å². The standard InChI is InChI=1S/C26H33N3O5/c1-32-17-15-29-24(30)26(27-25(29)31,19-20-6-3-7-23(18-20)33-2)21-10-13-28(14-11-21)12-4-8-22-9-5-16-34-22/h3-9,16,18,21H,10-15,17,19H2,1-2H3,(H,27,31)/b8-4+/t26-/m0/s1. The van der Waals surface area contributed by atoms with Gasteiger partial charge in [0.05, 0.1) is 26.5 Å². The molecule has 0 bridgehead atoms. The van der Waals surface area contributed by atoms with Crippen molar-refractivity contribution in [1.82, 2.24) is 15.1 Å². The number of likely N-dealkylation sites (tertiary alicyclic amines) is 1. The van der Waals surface area contributed by atoms with Gasteiger partial charge < -0.3 is 19.2 Å². The lowest BCUT2D eigenvalue weighted by atomic mass is 9.74. The Morgan fingerprint density at radius 3 is 2.71 bits per heavy atom. The lowest BCUT2D eigenvalue weighted by molar-refractivity contribution is -0.134. The molecule has 8 nitrogen and oxygen atoms in total. The zero-order valence-corrected chi connectivity index (χ0v) is 19.9. The molecule has 2 aliphatic heterocycles. The van der Waals surface area contributed by atoms with Crippen molar-refractivity contribution >= 4 is 18.0 Å². The lowest BCUT2D eigenvalue weighted by Crippen LogP contribution is -2.57. The zero-order valence-electron chi connectivity index (χ0n) is 19.9. The second kappa shape index (κ2) is 10.9. The largest absolute Gasteiger partial charge is 0.497 e. The number of furan rings is 1. The van der Waals surface area contributed by atoms with Gasteiger partial charge in [-0.1, -0.05) is 18.2 Å². The Hall–Kier alpha value is -3.10. The van der Waals surface area contributed by atoms with E-state index in [1.165, 1.54) is 4.90 Å². The average Bonchev–Trinajstić information content (AvgIpc) is 3.45. The van der Waals surface area contributed by atoms with Gasteiger partial charge in [0, 0.05) is 20.1 Å². The summed E-state index contributed by atoms with van der Waals surface area (Å²) in [5, 5.41) is 3.10. The molecule has 4 rings (SSSR count). The van der Waals surface area contributed by atoms with Crippen molar-refractivity contribution in [3.8, 4) is 5.75 Å². The maximum atomic E-state index is 13.7. The molecular formula is C26H33N3O5. The molecule has 2 aromatic rings. The third kappa shape index (κ3) is 5.18. The van der Waals surface area contributed by atoms with Crippen molar-refractivity contribution in [3.05, 3.63) is 60.1 Å². The molecule has 0 aliphatic carbocycles. The summed E-state index contributed by atoms with van der Waals surface area (Å²) in [6.07, 6.45) is 7.81. The van der Waals surface area contributed by atoms with Gasteiger partial charge in [0.25, 0.3) is 5.91 Å². The molecule has 0 unspecified atom stereocenters. The highest BCUT2D eigenvalue weighted by Gasteiger charge is 2.55. The van der Waals surface area contributed by atoms with E-state index in [-0.39, 0.29) is 24.4 Å². The number of carbonyl (C=O) groups is 2. The predicted molar refractivity (Wildman–Crippen MR) is 128 cm³/mol. The molecule has 1 aromatic carbocycles. The molecule has 34 heavy (non-hydrogen) atoms. The topological polar surface area (TPSA) is 84.2 Å². The quantitative estimate of drug-likeness (QED) is 0.541. The number of ether oxygens (including phenoxy) is 2. The molecule has 3 amide bonds. The number of carbonyl (C=O) groups excluding carboxylic acids is 2. The number of rotatable bonds is 10. The van der Waals surface area contributed by atoms with Crippen LogP contribution >= 0.6 is 0 Å². The van der Waals surface area contributed by atoms with Crippen molar-refractivity contribution in [2.75, 3.05) is 47.0 Å². The Bertz CT molecular complexity index is 998. The SMILES string of the molecule is COCCN1C(=O)N[C@@](Cc2cccc(OC)c2)(C2CCN(C/C=C/c3ccco3)CC2)C1=O. The summed E-state index contributed by atoms with van der Waals surface area (Å²) < 4.78 is 15.9. The Morgan fingerprint density at radius 2 is 2.00 bits per heavy atom. The Balaban J connectivity index is 1.49. The third-order valence-electron chi connectivity index (χ3n) is 6.81. The monoisotopic (exact) mass is 467 g/mol. The number of piperidine rings is 1. The van der Waals surface area contributed by atoms with E-state index in [1.807, 2.05) is 42.5 Å². The first-order chi connectivity index (χ1) is 16.6. The number of amides is 3. The molecule has 0 saturated carbocycles. The van der Waals surface area contributed by atoms with Crippen LogP contribution in [0.3, 0.4) is 0 Å². The van der Waals surface area contributed by atoms with Crippen LogP contribution in [0.1, 0.15) is 24.2 Å². The van der Waals surface area contributed by atoms with E-state index in [9.17, 15) is 9.59 Å². The van der Waals surface area contributed by atoms with Crippen molar-refractivity contribution in [1.29, 1.82) is 0 Å². The maximum Gasteiger partial charge on any atom is 0.325 e. The molecule has 1 N–H and O–H groups in total. The number of imide groups is 1. The average molecular weight is 468 g/mol. The highest BCUT2D eigenvalue weighted by Crippen LogP contribution is 2.37. The zero-order chi connectivity index (χ0) is 24.0. The minimum atomic E-state index is -0.965. The van der Waals surface area contributed by atoms with Gasteiger partial charge in [0.1, 0.15) is 17.0 Å². The minimum Gasteiger partial charge on any atom is -0.497 e. The highest BCUT2D eigenvalue weighted by atomic mass is 16.5. The fourth-order valence-corrected chi connectivity index (χ4v) is 4.99. The first-order valence-corrected chi connectivity index (χ1v) is 11.7. The predicted octanol–water partition coefficient (Wildman–Crippen LogP) is 3.19. The van der Waals surface area contributed by atoms with Crippen LogP contribution in [0.4, 0.5) is 4.79 Å². The Labute approximate surface area is 200 Å². The van der Waals surface area contributed by atoms with Crippen molar-refractivity contribution in [2.45, 2.75) is 24.8 Å². The summed E-state index contributed by atoms with van der Waals surface area (Å²) in [4.78, 5) is 30.2. The van der Waals surface area contributed by atoms with Gasteiger partial charge in [-0.05, 0) is 67.8 Å². The van der Waals surface area contributed by atoms with Gasteiger partial charge >= 0.3 is 6.03 Å². The fourth-order valence-electron chi connectivity index (χ4n) is 4.99. The molecule has 2 fully saturated rings. The third-order valence-corrected chi connectivity index (χ3v) is 6.81. The molecule has 1 atom stereocenters. The summed E-state index contributed by atoms with van der Waals surface area (Å²) in [6, 6.07) is 11.2. The van der Waals surface area contributed by atoms with E-state index in [4.69, 9.17) is 13.9 Å². The molecule has 8 heteroatoms. The molecule has 0 spiro atoms. The maximum absolute atomic E-state index is 13.7. The molecular weight excluding hydrogens is 434 g/mol.